The SMILES string of the molecule is C=CCc1cc([Si](C)(C)C)cc([Si](C)(C)C)c1. The van der Waals surface area contributed by atoms with E-state index in [1.165, 1.54) is 5.56 Å². The van der Waals surface area contributed by atoms with E-state index in [-0.39, 0.29) is 0 Å². The Balaban J connectivity index is 3.34. The highest BCUT2D eigenvalue weighted by atomic mass is 28.3. The lowest BCUT2D eigenvalue weighted by atomic mass is 10.1. The van der Waals surface area contributed by atoms with Crippen molar-refractivity contribution >= 4 is 26.5 Å². The fourth-order valence-electron chi connectivity index (χ4n) is 1.84. The van der Waals surface area contributed by atoms with Gasteiger partial charge in [-0.1, -0.05) is 73.9 Å². The standard InChI is InChI=1S/C15H26Si2/c1-8-9-13-10-14(16(2,3)4)12-15(11-13)17(5,6)7/h8,10-12H,1,9H2,2-7H3. The fourth-order valence-corrected chi connectivity index (χ4v) is 4.40. The maximum Gasteiger partial charge on any atom is 0.0775 e. The molecule has 0 aliphatic rings. The van der Waals surface area contributed by atoms with Crippen LogP contribution in [0.3, 0.4) is 0 Å². The van der Waals surface area contributed by atoms with Crippen molar-refractivity contribution in [1.82, 2.24) is 0 Å². The van der Waals surface area contributed by atoms with Crippen molar-refractivity contribution in [2.75, 3.05) is 0 Å². The molecule has 0 radical (unpaired) electrons. The summed E-state index contributed by atoms with van der Waals surface area (Å²) >= 11 is 0. The van der Waals surface area contributed by atoms with Crippen LogP contribution in [0.5, 0.6) is 0 Å². The third-order valence-electron chi connectivity index (χ3n) is 3.10. The van der Waals surface area contributed by atoms with Gasteiger partial charge < -0.3 is 0 Å². The van der Waals surface area contributed by atoms with Crippen molar-refractivity contribution in [2.45, 2.75) is 45.7 Å². The minimum Gasteiger partial charge on any atom is -0.103 e. The molecule has 0 saturated heterocycles. The van der Waals surface area contributed by atoms with E-state index in [0.29, 0.717) is 0 Å². The number of allylic oxidation sites excluding steroid dienone is 1. The maximum atomic E-state index is 3.86. The van der Waals surface area contributed by atoms with Gasteiger partial charge in [-0.25, -0.2) is 0 Å². The van der Waals surface area contributed by atoms with Crippen LogP contribution in [0, 0.1) is 0 Å². The molecule has 1 aromatic rings. The van der Waals surface area contributed by atoms with Crippen molar-refractivity contribution < 1.29 is 0 Å². The highest BCUT2D eigenvalue weighted by molar-refractivity contribution is 6.91. The van der Waals surface area contributed by atoms with Gasteiger partial charge in [-0.3, -0.25) is 0 Å². The summed E-state index contributed by atoms with van der Waals surface area (Å²) < 4.78 is 0. The second-order valence-electron chi connectivity index (χ2n) is 6.91. The van der Waals surface area contributed by atoms with Gasteiger partial charge in [0.1, 0.15) is 0 Å². The molecule has 0 fully saturated rings. The molecule has 2 heteroatoms. The minimum absolute atomic E-state index is 0.996. The van der Waals surface area contributed by atoms with Gasteiger partial charge in [-0.2, -0.15) is 0 Å². The van der Waals surface area contributed by atoms with Gasteiger partial charge in [0, 0.05) is 0 Å². The van der Waals surface area contributed by atoms with Crippen molar-refractivity contribution in [3.63, 3.8) is 0 Å². The smallest absolute Gasteiger partial charge is 0.0775 e. The van der Waals surface area contributed by atoms with Crippen LogP contribution in [0.1, 0.15) is 5.56 Å². The zero-order chi connectivity index (χ0) is 13.3. The second-order valence-corrected chi connectivity index (χ2v) is 17.1. The van der Waals surface area contributed by atoms with Gasteiger partial charge >= 0.3 is 0 Å². The molecule has 1 rings (SSSR count). The Morgan fingerprint density at radius 1 is 0.882 bits per heavy atom. The summed E-state index contributed by atoms with van der Waals surface area (Å²) in [7, 11) is -2.43. The quantitative estimate of drug-likeness (QED) is 0.575. The molecular formula is C15H26Si2. The normalized spacial score (nSPS) is 12.6. The summed E-state index contributed by atoms with van der Waals surface area (Å²) in [5, 5.41) is 3.18. The molecular weight excluding hydrogens is 236 g/mol. The van der Waals surface area contributed by atoms with Crippen LogP contribution in [0.15, 0.2) is 30.9 Å². The minimum atomic E-state index is -1.22. The molecule has 0 aliphatic carbocycles. The molecule has 0 atom stereocenters. The van der Waals surface area contributed by atoms with Gasteiger partial charge in [0.05, 0.1) is 16.1 Å². The first-order chi connectivity index (χ1) is 7.64. The Labute approximate surface area is 109 Å². The molecule has 0 aromatic heterocycles. The molecule has 94 valence electrons. The predicted octanol–water partition coefficient (Wildman–Crippen LogP) is 3.51. The lowest BCUT2D eigenvalue weighted by molar-refractivity contribution is 1.29. The summed E-state index contributed by atoms with van der Waals surface area (Å²) in [5.41, 5.74) is 1.44. The maximum absolute atomic E-state index is 3.86. The Kier molecular flexibility index (Phi) is 4.21. The average Bonchev–Trinajstić information content (AvgIpc) is 2.15. The average molecular weight is 263 g/mol. The molecule has 0 nitrogen and oxygen atoms in total. The lowest BCUT2D eigenvalue weighted by Gasteiger charge is -2.24. The molecule has 0 aliphatic heterocycles. The van der Waals surface area contributed by atoms with E-state index in [0.717, 1.165) is 6.42 Å². The van der Waals surface area contributed by atoms with Crippen LogP contribution in [-0.4, -0.2) is 16.1 Å². The van der Waals surface area contributed by atoms with Crippen LogP contribution in [0.4, 0.5) is 0 Å². The van der Waals surface area contributed by atoms with Crippen LogP contribution in [0.25, 0.3) is 0 Å². The molecule has 0 amide bonds. The van der Waals surface area contributed by atoms with E-state index in [1.54, 1.807) is 10.4 Å². The first kappa shape index (κ1) is 14.5. The predicted molar refractivity (Wildman–Crippen MR) is 86.3 cm³/mol. The summed E-state index contributed by atoms with van der Waals surface area (Å²) in [4.78, 5) is 0. The number of rotatable bonds is 4. The van der Waals surface area contributed by atoms with E-state index < -0.39 is 16.1 Å². The summed E-state index contributed by atoms with van der Waals surface area (Å²) in [6.07, 6.45) is 3.01. The Hall–Kier alpha value is -0.606. The van der Waals surface area contributed by atoms with Crippen molar-refractivity contribution in [2.24, 2.45) is 0 Å². The van der Waals surface area contributed by atoms with E-state index in [1.807, 2.05) is 6.08 Å². The Morgan fingerprint density at radius 3 is 1.59 bits per heavy atom. The number of hydrogen-bond acceptors (Lipinski definition) is 0. The van der Waals surface area contributed by atoms with Gasteiger partial charge in [0.15, 0.2) is 0 Å². The molecule has 0 bridgehead atoms. The molecule has 0 spiro atoms. The van der Waals surface area contributed by atoms with Crippen LogP contribution < -0.4 is 10.4 Å². The van der Waals surface area contributed by atoms with E-state index >= 15 is 0 Å². The van der Waals surface area contributed by atoms with Gasteiger partial charge in [-0.15, -0.1) is 6.58 Å². The van der Waals surface area contributed by atoms with Crippen LogP contribution in [0.2, 0.25) is 39.3 Å². The largest absolute Gasteiger partial charge is 0.103 e. The lowest BCUT2D eigenvalue weighted by Crippen LogP contribution is -2.45. The third kappa shape index (κ3) is 3.96. The topological polar surface area (TPSA) is 0 Å². The first-order valence-corrected chi connectivity index (χ1v) is 13.4. The monoisotopic (exact) mass is 262 g/mol. The first-order valence-electron chi connectivity index (χ1n) is 6.40. The number of benzene rings is 1. The van der Waals surface area contributed by atoms with Crippen LogP contribution >= 0.6 is 0 Å². The van der Waals surface area contributed by atoms with Crippen molar-refractivity contribution in [3.8, 4) is 0 Å². The number of hydrogen-bond donors (Lipinski definition) is 0. The molecule has 0 heterocycles. The van der Waals surface area contributed by atoms with E-state index in [9.17, 15) is 0 Å². The molecule has 0 saturated carbocycles. The Bertz CT molecular complexity index is 374. The zero-order valence-electron chi connectivity index (χ0n) is 12.2. The van der Waals surface area contributed by atoms with Gasteiger partial charge in [-0.05, 0) is 12.0 Å². The highest BCUT2D eigenvalue weighted by Crippen LogP contribution is 2.09. The van der Waals surface area contributed by atoms with E-state index in [2.05, 4.69) is 64.1 Å². The Morgan fingerprint density at radius 2 is 1.29 bits per heavy atom. The highest BCUT2D eigenvalue weighted by Gasteiger charge is 2.22. The second kappa shape index (κ2) is 4.95. The molecule has 17 heavy (non-hydrogen) atoms. The van der Waals surface area contributed by atoms with Gasteiger partial charge in [0.2, 0.25) is 0 Å². The fraction of sp³-hybridized carbons (Fsp3) is 0.467. The summed E-state index contributed by atoms with van der Waals surface area (Å²) in [5.74, 6) is 0. The molecule has 0 unspecified atom stereocenters. The van der Waals surface area contributed by atoms with E-state index in [4.69, 9.17) is 0 Å². The summed E-state index contributed by atoms with van der Waals surface area (Å²) in [6.45, 7) is 18.4. The molecule has 0 N–H and O–H groups in total. The third-order valence-corrected chi connectivity index (χ3v) is 7.15. The van der Waals surface area contributed by atoms with Gasteiger partial charge in [0.25, 0.3) is 0 Å². The zero-order valence-corrected chi connectivity index (χ0v) is 14.2. The van der Waals surface area contributed by atoms with Crippen molar-refractivity contribution in [3.05, 3.63) is 36.4 Å². The van der Waals surface area contributed by atoms with Crippen LogP contribution in [-0.2, 0) is 6.42 Å². The summed E-state index contributed by atoms with van der Waals surface area (Å²) in [6, 6.07) is 7.28. The molecule has 1 aromatic carbocycles. The van der Waals surface area contributed by atoms with Crippen molar-refractivity contribution in [1.29, 1.82) is 0 Å².